The third kappa shape index (κ3) is 1.83. The van der Waals surface area contributed by atoms with Gasteiger partial charge in [0.15, 0.2) is 0 Å². The third-order valence-corrected chi connectivity index (χ3v) is 2.97. The van der Waals surface area contributed by atoms with E-state index in [2.05, 4.69) is 10.1 Å². The number of nitrogens with two attached hydrogens (primary N) is 1. The van der Waals surface area contributed by atoms with Crippen LogP contribution in [0.5, 0.6) is 0 Å². The summed E-state index contributed by atoms with van der Waals surface area (Å²) in [5.41, 5.74) is 8.69. The van der Waals surface area contributed by atoms with E-state index in [0.29, 0.717) is 5.56 Å². The predicted molar refractivity (Wildman–Crippen MR) is 71.0 cm³/mol. The molecule has 0 saturated carbocycles. The zero-order chi connectivity index (χ0) is 13.4. The van der Waals surface area contributed by atoms with Gasteiger partial charge in [0.1, 0.15) is 0 Å². The van der Waals surface area contributed by atoms with Crippen molar-refractivity contribution in [2.45, 2.75) is 6.92 Å². The Morgan fingerprint density at radius 2 is 2.26 bits per heavy atom. The molecule has 96 valence electrons. The summed E-state index contributed by atoms with van der Waals surface area (Å²) in [6.07, 6.45) is 3.23. The molecule has 2 aromatic heterocycles. The van der Waals surface area contributed by atoms with Gasteiger partial charge in [0.05, 0.1) is 17.4 Å². The van der Waals surface area contributed by atoms with E-state index in [-0.39, 0.29) is 11.6 Å². The standard InChI is InChI=1S/C13H12N4O2/c1-8-6-15-13(18)17(8)10-4-2-3-9(5-10)11-7-16-19-12(11)14/h2-7H,14H2,1H3,(H,15,18). The van der Waals surface area contributed by atoms with Crippen molar-refractivity contribution in [2.75, 3.05) is 5.73 Å². The van der Waals surface area contributed by atoms with Crippen LogP contribution in [0.25, 0.3) is 16.8 Å². The van der Waals surface area contributed by atoms with Crippen molar-refractivity contribution < 1.29 is 4.52 Å². The lowest BCUT2D eigenvalue weighted by Crippen LogP contribution is -2.15. The minimum atomic E-state index is -0.173. The average molecular weight is 256 g/mol. The quantitative estimate of drug-likeness (QED) is 0.730. The molecule has 0 aliphatic heterocycles. The summed E-state index contributed by atoms with van der Waals surface area (Å²) in [7, 11) is 0. The molecule has 0 aliphatic carbocycles. The number of imidazole rings is 1. The highest BCUT2D eigenvalue weighted by Gasteiger charge is 2.10. The van der Waals surface area contributed by atoms with E-state index in [4.69, 9.17) is 10.3 Å². The highest BCUT2D eigenvalue weighted by molar-refractivity contribution is 5.73. The van der Waals surface area contributed by atoms with E-state index >= 15 is 0 Å². The Bertz CT molecular complexity index is 782. The first-order valence-corrected chi connectivity index (χ1v) is 5.75. The van der Waals surface area contributed by atoms with Crippen molar-refractivity contribution in [3.63, 3.8) is 0 Å². The van der Waals surface area contributed by atoms with Gasteiger partial charge in [-0.1, -0.05) is 17.3 Å². The van der Waals surface area contributed by atoms with E-state index in [9.17, 15) is 4.79 Å². The normalized spacial score (nSPS) is 10.8. The fourth-order valence-electron chi connectivity index (χ4n) is 2.05. The first-order chi connectivity index (χ1) is 9.16. The largest absolute Gasteiger partial charge is 0.367 e. The molecule has 0 spiro atoms. The molecule has 0 unspecified atom stereocenters. The lowest BCUT2D eigenvalue weighted by atomic mass is 10.1. The van der Waals surface area contributed by atoms with Crippen molar-refractivity contribution in [3.8, 4) is 16.8 Å². The zero-order valence-corrected chi connectivity index (χ0v) is 10.3. The maximum Gasteiger partial charge on any atom is 0.330 e. The molecule has 0 saturated heterocycles. The third-order valence-electron chi connectivity index (χ3n) is 2.97. The molecule has 0 atom stereocenters. The Morgan fingerprint density at radius 1 is 1.42 bits per heavy atom. The predicted octanol–water partition coefficient (Wildman–Crippen LogP) is 1.71. The van der Waals surface area contributed by atoms with Gasteiger partial charge in [0.25, 0.3) is 0 Å². The molecular formula is C13H12N4O2. The minimum absolute atomic E-state index is 0.173. The molecular weight excluding hydrogens is 244 g/mol. The van der Waals surface area contributed by atoms with E-state index in [1.165, 1.54) is 0 Å². The van der Waals surface area contributed by atoms with Crippen LogP contribution < -0.4 is 11.4 Å². The fourth-order valence-corrected chi connectivity index (χ4v) is 2.05. The van der Waals surface area contributed by atoms with Crippen molar-refractivity contribution >= 4 is 5.88 Å². The topological polar surface area (TPSA) is 89.8 Å². The maximum absolute atomic E-state index is 11.8. The van der Waals surface area contributed by atoms with Gasteiger partial charge < -0.3 is 15.2 Å². The number of nitrogens with zero attached hydrogens (tertiary/aromatic N) is 2. The van der Waals surface area contributed by atoms with Gasteiger partial charge in [-0.05, 0) is 24.6 Å². The van der Waals surface area contributed by atoms with E-state index in [0.717, 1.165) is 16.9 Å². The minimum Gasteiger partial charge on any atom is -0.367 e. The molecule has 3 aromatic rings. The smallest absolute Gasteiger partial charge is 0.330 e. The summed E-state index contributed by atoms with van der Waals surface area (Å²) in [5, 5.41) is 3.65. The van der Waals surface area contributed by atoms with Crippen molar-refractivity contribution in [1.82, 2.24) is 14.7 Å². The number of nitrogens with one attached hydrogen (secondary N) is 1. The number of benzene rings is 1. The van der Waals surface area contributed by atoms with Gasteiger partial charge in [-0.25, -0.2) is 4.79 Å². The van der Waals surface area contributed by atoms with Gasteiger partial charge in [-0.15, -0.1) is 0 Å². The van der Waals surface area contributed by atoms with E-state index < -0.39 is 0 Å². The van der Waals surface area contributed by atoms with Crippen LogP contribution in [0, 0.1) is 6.92 Å². The van der Waals surface area contributed by atoms with Crippen molar-refractivity contribution in [2.24, 2.45) is 0 Å². The summed E-state index contributed by atoms with van der Waals surface area (Å²) < 4.78 is 6.44. The molecule has 0 fully saturated rings. The lowest BCUT2D eigenvalue weighted by Gasteiger charge is -2.06. The second-order valence-electron chi connectivity index (χ2n) is 4.22. The Morgan fingerprint density at radius 3 is 2.89 bits per heavy atom. The average Bonchev–Trinajstić information content (AvgIpc) is 2.96. The first kappa shape index (κ1) is 11.3. The molecule has 0 aliphatic rings. The Balaban J connectivity index is 2.16. The van der Waals surface area contributed by atoms with Gasteiger partial charge in [-0.3, -0.25) is 4.57 Å². The molecule has 0 radical (unpaired) electrons. The zero-order valence-electron chi connectivity index (χ0n) is 10.3. The van der Waals surface area contributed by atoms with Crippen LogP contribution in [0.3, 0.4) is 0 Å². The Kier molecular flexibility index (Phi) is 2.49. The molecule has 0 bridgehead atoms. The number of anilines is 1. The molecule has 0 amide bonds. The van der Waals surface area contributed by atoms with Crippen LogP contribution in [0.15, 0.2) is 46.0 Å². The highest BCUT2D eigenvalue weighted by Crippen LogP contribution is 2.26. The van der Waals surface area contributed by atoms with Gasteiger partial charge in [-0.2, -0.15) is 0 Å². The second kappa shape index (κ2) is 4.16. The molecule has 6 heteroatoms. The number of rotatable bonds is 2. The number of hydrogen-bond donors (Lipinski definition) is 2. The van der Waals surface area contributed by atoms with Gasteiger partial charge in [0, 0.05) is 11.9 Å². The number of nitrogen functional groups attached to an aromatic ring is 1. The van der Waals surface area contributed by atoms with Crippen LogP contribution >= 0.6 is 0 Å². The lowest BCUT2D eigenvalue weighted by molar-refractivity contribution is 0.436. The van der Waals surface area contributed by atoms with Crippen LogP contribution in [0.1, 0.15) is 5.69 Å². The van der Waals surface area contributed by atoms with Gasteiger partial charge >= 0.3 is 5.69 Å². The number of H-pyrrole nitrogens is 1. The highest BCUT2D eigenvalue weighted by atomic mass is 16.5. The number of aromatic amines is 1. The molecule has 3 rings (SSSR count). The number of aryl methyl sites for hydroxylation is 1. The van der Waals surface area contributed by atoms with Crippen molar-refractivity contribution in [1.29, 1.82) is 0 Å². The SMILES string of the molecule is Cc1c[nH]c(=O)n1-c1cccc(-c2cnoc2N)c1. The molecule has 1 aromatic carbocycles. The first-order valence-electron chi connectivity index (χ1n) is 5.75. The molecule has 6 nitrogen and oxygen atoms in total. The van der Waals surface area contributed by atoms with Crippen LogP contribution in [-0.4, -0.2) is 14.7 Å². The van der Waals surface area contributed by atoms with Crippen molar-refractivity contribution in [3.05, 3.63) is 52.8 Å². The van der Waals surface area contributed by atoms with Gasteiger partial charge in [0.2, 0.25) is 5.88 Å². The van der Waals surface area contributed by atoms with Crippen LogP contribution in [0.2, 0.25) is 0 Å². The number of aromatic nitrogens is 3. The maximum atomic E-state index is 11.8. The molecule has 19 heavy (non-hydrogen) atoms. The summed E-state index contributed by atoms with van der Waals surface area (Å²) >= 11 is 0. The number of hydrogen-bond acceptors (Lipinski definition) is 4. The van der Waals surface area contributed by atoms with E-state index in [1.807, 2.05) is 31.2 Å². The van der Waals surface area contributed by atoms with Crippen LogP contribution in [-0.2, 0) is 0 Å². The summed E-state index contributed by atoms with van der Waals surface area (Å²) in [4.78, 5) is 14.4. The fraction of sp³-hybridized carbons (Fsp3) is 0.0769. The Hall–Kier alpha value is -2.76. The molecule has 2 heterocycles. The summed E-state index contributed by atoms with van der Waals surface area (Å²) in [6, 6.07) is 7.47. The summed E-state index contributed by atoms with van der Waals surface area (Å²) in [5.74, 6) is 0.260. The molecule has 3 N–H and O–H groups in total. The summed E-state index contributed by atoms with van der Waals surface area (Å²) in [6.45, 7) is 1.86. The monoisotopic (exact) mass is 256 g/mol. The second-order valence-corrected chi connectivity index (χ2v) is 4.22. The van der Waals surface area contributed by atoms with E-state index in [1.54, 1.807) is 17.0 Å². The van der Waals surface area contributed by atoms with Crippen LogP contribution in [0.4, 0.5) is 5.88 Å². The Labute approximate surface area is 108 Å².